The topological polar surface area (TPSA) is 106 Å². The lowest BCUT2D eigenvalue weighted by Crippen LogP contribution is -2.20. The zero-order chi connectivity index (χ0) is 19.3. The first-order valence-corrected chi connectivity index (χ1v) is 8.85. The number of nitriles is 1. The van der Waals surface area contributed by atoms with Crippen LogP contribution in [0.25, 0.3) is 11.3 Å². The molecule has 7 nitrogen and oxygen atoms in total. The van der Waals surface area contributed by atoms with Crippen molar-refractivity contribution in [1.82, 2.24) is 10.2 Å². The zero-order valence-electron chi connectivity index (χ0n) is 14.4. The molecule has 2 aliphatic heterocycles. The molecule has 1 unspecified atom stereocenters. The Morgan fingerprint density at radius 3 is 2.71 bits per heavy atom. The Labute approximate surface area is 164 Å². The van der Waals surface area contributed by atoms with Gasteiger partial charge in [-0.3, -0.25) is 5.10 Å². The van der Waals surface area contributed by atoms with E-state index in [2.05, 4.69) is 16.3 Å². The number of allylic oxidation sites excluding steroid dienone is 1. The number of H-pyrrole nitrogens is 1. The number of nitrogens with two attached hydrogens (primary N) is 1. The summed E-state index contributed by atoms with van der Waals surface area (Å²) in [5, 5.41) is 17.6. The average Bonchev–Trinajstić information content (AvgIpc) is 3.33. The molecule has 3 heterocycles. The maximum absolute atomic E-state index is 9.74. The van der Waals surface area contributed by atoms with Crippen molar-refractivity contribution in [3.05, 3.63) is 70.1 Å². The van der Waals surface area contributed by atoms with Crippen LogP contribution < -0.4 is 19.9 Å². The molecule has 28 heavy (non-hydrogen) atoms. The molecular formula is C20H13ClN4O3. The van der Waals surface area contributed by atoms with Gasteiger partial charge in [-0.05, 0) is 35.9 Å². The van der Waals surface area contributed by atoms with Crippen molar-refractivity contribution in [2.24, 2.45) is 5.73 Å². The first-order chi connectivity index (χ1) is 13.7. The Kier molecular flexibility index (Phi) is 3.67. The third kappa shape index (κ3) is 2.47. The van der Waals surface area contributed by atoms with Gasteiger partial charge in [0.05, 0.1) is 17.2 Å². The second-order valence-electron chi connectivity index (χ2n) is 6.36. The Morgan fingerprint density at radius 2 is 1.93 bits per heavy atom. The van der Waals surface area contributed by atoms with Gasteiger partial charge >= 0.3 is 0 Å². The predicted octanol–water partition coefficient (Wildman–Crippen LogP) is 3.68. The van der Waals surface area contributed by atoms with Crippen LogP contribution in [0.5, 0.6) is 17.4 Å². The SMILES string of the molecule is N#CC1=C(N)Oc2n[nH]c(-c3ccc4c(c3)OCO4)c2C1c1ccc(Cl)cc1. The molecule has 0 radical (unpaired) electrons. The summed E-state index contributed by atoms with van der Waals surface area (Å²) in [4.78, 5) is 0. The number of aromatic nitrogens is 2. The molecule has 5 rings (SSSR count). The molecule has 2 aromatic carbocycles. The largest absolute Gasteiger partial charge is 0.454 e. The number of fused-ring (bicyclic) bond motifs is 2. The van der Waals surface area contributed by atoms with Crippen LogP contribution in [0.3, 0.4) is 0 Å². The highest BCUT2D eigenvalue weighted by Gasteiger charge is 2.35. The van der Waals surface area contributed by atoms with Crippen molar-refractivity contribution in [2.45, 2.75) is 5.92 Å². The summed E-state index contributed by atoms with van der Waals surface area (Å²) in [6.07, 6.45) is 0. The molecule has 8 heteroatoms. The van der Waals surface area contributed by atoms with Crippen LogP contribution >= 0.6 is 11.6 Å². The quantitative estimate of drug-likeness (QED) is 0.689. The van der Waals surface area contributed by atoms with E-state index in [1.165, 1.54) is 0 Å². The van der Waals surface area contributed by atoms with Crippen LogP contribution in [0.4, 0.5) is 0 Å². The van der Waals surface area contributed by atoms with E-state index >= 15 is 0 Å². The maximum atomic E-state index is 9.74. The van der Waals surface area contributed by atoms with Gasteiger partial charge in [-0.25, -0.2) is 0 Å². The van der Waals surface area contributed by atoms with Crippen molar-refractivity contribution in [2.75, 3.05) is 6.79 Å². The average molecular weight is 393 g/mol. The third-order valence-corrected chi connectivity index (χ3v) is 5.06. The van der Waals surface area contributed by atoms with Crippen LogP contribution in [0.15, 0.2) is 53.9 Å². The fraction of sp³-hybridized carbons (Fsp3) is 0.100. The van der Waals surface area contributed by atoms with Crippen molar-refractivity contribution in [3.8, 4) is 34.7 Å². The monoisotopic (exact) mass is 392 g/mol. The molecule has 138 valence electrons. The molecular weight excluding hydrogens is 380 g/mol. The third-order valence-electron chi connectivity index (χ3n) is 4.80. The number of rotatable bonds is 2. The number of aromatic amines is 1. The number of ether oxygens (including phenoxy) is 3. The predicted molar refractivity (Wildman–Crippen MR) is 101 cm³/mol. The molecule has 0 spiro atoms. The highest BCUT2D eigenvalue weighted by atomic mass is 35.5. The lowest BCUT2D eigenvalue weighted by atomic mass is 9.83. The molecule has 1 atom stereocenters. The van der Waals surface area contributed by atoms with Crippen LogP contribution in [0.2, 0.25) is 5.02 Å². The van der Waals surface area contributed by atoms with Crippen LogP contribution in [0.1, 0.15) is 17.0 Å². The summed E-state index contributed by atoms with van der Waals surface area (Å²) >= 11 is 6.04. The number of nitrogens with zero attached hydrogens (tertiary/aromatic N) is 2. The highest BCUT2D eigenvalue weighted by molar-refractivity contribution is 6.30. The second-order valence-corrected chi connectivity index (χ2v) is 6.80. The number of benzene rings is 2. The summed E-state index contributed by atoms with van der Waals surface area (Å²) in [5.74, 6) is 1.27. The Balaban J connectivity index is 1.70. The minimum atomic E-state index is -0.440. The Hall–Kier alpha value is -3.63. The summed E-state index contributed by atoms with van der Waals surface area (Å²) in [7, 11) is 0. The number of hydrogen-bond donors (Lipinski definition) is 2. The highest BCUT2D eigenvalue weighted by Crippen LogP contribution is 2.47. The van der Waals surface area contributed by atoms with E-state index in [0.29, 0.717) is 33.7 Å². The van der Waals surface area contributed by atoms with Gasteiger partial charge in [0, 0.05) is 10.6 Å². The van der Waals surface area contributed by atoms with Gasteiger partial charge in [0.25, 0.3) is 0 Å². The smallest absolute Gasteiger partial charge is 0.244 e. The fourth-order valence-corrected chi connectivity index (χ4v) is 3.63. The summed E-state index contributed by atoms with van der Waals surface area (Å²) < 4.78 is 16.5. The number of halogens is 1. The summed E-state index contributed by atoms with van der Waals surface area (Å²) in [6, 6.07) is 15.1. The normalized spacial score (nSPS) is 17.1. The lowest BCUT2D eigenvalue weighted by Gasteiger charge is -2.24. The molecule has 0 aliphatic carbocycles. The summed E-state index contributed by atoms with van der Waals surface area (Å²) in [5.41, 5.74) is 9.45. The Bertz CT molecular complexity index is 1160. The van der Waals surface area contributed by atoms with E-state index in [0.717, 1.165) is 16.7 Å². The zero-order valence-corrected chi connectivity index (χ0v) is 15.2. The van der Waals surface area contributed by atoms with Crippen LogP contribution in [0, 0.1) is 11.3 Å². The van der Waals surface area contributed by atoms with Gasteiger partial charge < -0.3 is 19.9 Å². The Morgan fingerprint density at radius 1 is 1.14 bits per heavy atom. The van der Waals surface area contributed by atoms with E-state index in [4.69, 9.17) is 31.5 Å². The van der Waals surface area contributed by atoms with Gasteiger partial charge in [-0.2, -0.15) is 5.26 Å². The van der Waals surface area contributed by atoms with E-state index in [1.54, 1.807) is 12.1 Å². The number of hydrogen-bond acceptors (Lipinski definition) is 6. The first kappa shape index (κ1) is 16.5. The molecule has 1 aromatic heterocycles. The minimum absolute atomic E-state index is 0.0405. The second kappa shape index (κ2) is 6.22. The van der Waals surface area contributed by atoms with E-state index in [1.807, 2.05) is 30.3 Å². The van der Waals surface area contributed by atoms with Crippen LogP contribution in [-0.4, -0.2) is 17.0 Å². The van der Waals surface area contributed by atoms with E-state index < -0.39 is 5.92 Å². The van der Waals surface area contributed by atoms with Crippen molar-refractivity contribution >= 4 is 11.6 Å². The minimum Gasteiger partial charge on any atom is -0.454 e. The first-order valence-electron chi connectivity index (χ1n) is 8.47. The van der Waals surface area contributed by atoms with Gasteiger partial charge in [0.2, 0.25) is 18.6 Å². The molecule has 0 bridgehead atoms. The maximum Gasteiger partial charge on any atom is 0.244 e. The fourth-order valence-electron chi connectivity index (χ4n) is 3.51. The van der Waals surface area contributed by atoms with Crippen LogP contribution in [-0.2, 0) is 0 Å². The number of nitrogens with one attached hydrogen (secondary N) is 1. The van der Waals surface area contributed by atoms with E-state index in [-0.39, 0.29) is 12.7 Å². The molecule has 3 N–H and O–H groups in total. The van der Waals surface area contributed by atoms with Crippen molar-refractivity contribution < 1.29 is 14.2 Å². The molecule has 2 aliphatic rings. The van der Waals surface area contributed by atoms with E-state index in [9.17, 15) is 5.26 Å². The lowest BCUT2D eigenvalue weighted by molar-refractivity contribution is 0.174. The van der Waals surface area contributed by atoms with Gasteiger partial charge in [0.1, 0.15) is 11.6 Å². The molecule has 0 saturated heterocycles. The van der Waals surface area contributed by atoms with Gasteiger partial charge in [-0.15, -0.1) is 5.10 Å². The van der Waals surface area contributed by atoms with Crippen molar-refractivity contribution in [3.63, 3.8) is 0 Å². The van der Waals surface area contributed by atoms with Gasteiger partial charge in [-0.1, -0.05) is 23.7 Å². The standard InChI is InChI=1S/C20H13ClN4O3/c21-12-4-1-10(2-5-12)16-13(8-22)19(23)28-20-17(16)18(24-25-20)11-3-6-14-15(7-11)27-9-26-14/h1-7,16H,9,23H2,(H,24,25). The molecule has 3 aromatic rings. The van der Waals surface area contributed by atoms with Gasteiger partial charge in [0.15, 0.2) is 11.5 Å². The molecule has 0 saturated carbocycles. The molecule has 0 amide bonds. The van der Waals surface area contributed by atoms with Crippen molar-refractivity contribution in [1.29, 1.82) is 5.26 Å². The molecule has 0 fully saturated rings. The summed E-state index contributed by atoms with van der Waals surface area (Å²) in [6.45, 7) is 0.189.